The molecular formula is C6H13NO. The van der Waals surface area contributed by atoms with Crippen LogP contribution in [0, 0.1) is 0 Å². The molecule has 0 saturated carbocycles. The molecule has 8 heavy (non-hydrogen) atoms. The summed E-state index contributed by atoms with van der Waals surface area (Å²) < 4.78 is 0. The van der Waals surface area contributed by atoms with Crippen molar-refractivity contribution in [3.05, 3.63) is 0 Å². The van der Waals surface area contributed by atoms with E-state index in [1.165, 1.54) is 0 Å². The number of nitrogens with zero attached hydrogens (tertiary/aromatic N) is 1. The SMILES string of the molecule is CN1CCCC1(C)O. The monoisotopic (exact) mass is 115 g/mol. The van der Waals surface area contributed by atoms with Gasteiger partial charge in [-0.1, -0.05) is 0 Å². The number of hydrogen-bond donors (Lipinski definition) is 1. The van der Waals surface area contributed by atoms with Gasteiger partial charge in [0.05, 0.1) is 0 Å². The Balaban J connectivity index is 2.54. The van der Waals surface area contributed by atoms with E-state index in [0.717, 1.165) is 19.4 Å². The molecule has 1 unspecified atom stereocenters. The minimum Gasteiger partial charge on any atom is -0.376 e. The van der Waals surface area contributed by atoms with Gasteiger partial charge in [0.15, 0.2) is 0 Å². The molecule has 0 aliphatic carbocycles. The minimum atomic E-state index is -0.514. The summed E-state index contributed by atoms with van der Waals surface area (Å²) >= 11 is 0. The Morgan fingerprint density at radius 3 is 2.38 bits per heavy atom. The summed E-state index contributed by atoms with van der Waals surface area (Å²) in [6.45, 7) is 2.90. The van der Waals surface area contributed by atoms with E-state index < -0.39 is 5.72 Å². The highest BCUT2D eigenvalue weighted by atomic mass is 16.3. The molecule has 0 aromatic rings. The first-order chi connectivity index (χ1) is 3.63. The third-order valence-corrected chi connectivity index (χ3v) is 1.97. The molecule has 1 aliphatic rings. The van der Waals surface area contributed by atoms with Gasteiger partial charge in [-0.15, -0.1) is 0 Å². The summed E-state index contributed by atoms with van der Waals surface area (Å²) in [5.74, 6) is 0. The van der Waals surface area contributed by atoms with E-state index >= 15 is 0 Å². The topological polar surface area (TPSA) is 23.5 Å². The maximum Gasteiger partial charge on any atom is 0.115 e. The van der Waals surface area contributed by atoms with Crippen LogP contribution in [0.15, 0.2) is 0 Å². The summed E-state index contributed by atoms with van der Waals surface area (Å²) in [7, 11) is 1.95. The number of likely N-dealkylation sites (tertiary alicyclic amines) is 1. The van der Waals surface area contributed by atoms with Crippen LogP contribution in [-0.2, 0) is 0 Å². The average molecular weight is 115 g/mol. The van der Waals surface area contributed by atoms with Crippen molar-refractivity contribution in [1.29, 1.82) is 0 Å². The molecule has 1 saturated heterocycles. The smallest absolute Gasteiger partial charge is 0.115 e. The van der Waals surface area contributed by atoms with Crippen LogP contribution >= 0.6 is 0 Å². The van der Waals surface area contributed by atoms with Crippen molar-refractivity contribution in [2.45, 2.75) is 25.5 Å². The second-order valence-electron chi connectivity index (χ2n) is 2.74. The van der Waals surface area contributed by atoms with Crippen LogP contribution in [0.4, 0.5) is 0 Å². The highest BCUT2D eigenvalue weighted by molar-refractivity contribution is 4.78. The Hall–Kier alpha value is -0.0800. The lowest BCUT2D eigenvalue weighted by molar-refractivity contribution is -0.0494. The zero-order valence-electron chi connectivity index (χ0n) is 5.52. The molecule has 0 spiro atoms. The Morgan fingerprint density at radius 2 is 2.25 bits per heavy atom. The molecule has 0 bridgehead atoms. The number of hydrogen-bond acceptors (Lipinski definition) is 2. The maximum absolute atomic E-state index is 9.39. The molecule has 0 amide bonds. The van der Waals surface area contributed by atoms with Crippen molar-refractivity contribution in [2.24, 2.45) is 0 Å². The Morgan fingerprint density at radius 1 is 1.62 bits per heavy atom. The van der Waals surface area contributed by atoms with Crippen molar-refractivity contribution in [3.63, 3.8) is 0 Å². The molecule has 1 heterocycles. The van der Waals surface area contributed by atoms with Crippen LogP contribution in [0.25, 0.3) is 0 Å². The second-order valence-corrected chi connectivity index (χ2v) is 2.74. The van der Waals surface area contributed by atoms with E-state index in [-0.39, 0.29) is 0 Å². The quantitative estimate of drug-likeness (QED) is 0.494. The number of aliphatic hydroxyl groups is 1. The molecule has 1 N–H and O–H groups in total. The summed E-state index contributed by atoms with van der Waals surface area (Å²) in [5, 5.41) is 9.39. The van der Waals surface area contributed by atoms with E-state index in [1.807, 2.05) is 18.9 Å². The first kappa shape index (κ1) is 6.05. The minimum absolute atomic E-state index is 0.514. The van der Waals surface area contributed by atoms with Crippen molar-refractivity contribution < 1.29 is 5.11 Å². The molecule has 0 aromatic heterocycles. The van der Waals surface area contributed by atoms with Gasteiger partial charge in [-0.25, -0.2) is 0 Å². The Labute approximate surface area is 50.1 Å². The van der Waals surface area contributed by atoms with Crippen molar-refractivity contribution in [2.75, 3.05) is 13.6 Å². The zero-order chi connectivity index (χ0) is 6.20. The Bertz CT molecular complexity index is 90.5. The van der Waals surface area contributed by atoms with E-state index in [4.69, 9.17) is 0 Å². The van der Waals surface area contributed by atoms with Gasteiger partial charge >= 0.3 is 0 Å². The van der Waals surface area contributed by atoms with E-state index in [9.17, 15) is 5.11 Å². The second kappa shape index (κ2) is 1.71. The molecule has 48 valence electrons. The standard InChI is InChI=1S/C6H13NO/c1-6(8)4-3-5-7(6)2/h8H,3-5H2,1-2H3. The van der Waals surface area contributed by atoms with Gasteiger partial charge in [0.25, 0.3) is 0 Å². The van der Waals surface area contributed by atoms with E-state index in [2.05, 4.69) is 0 Å². The molecule has 1 atom stereocenters. The molecule has 0 aromatic carbocycles. The highest BCUT2D eigenvalue weighted by Crippen LogP contribution is 2.22. The first-order valence-corrected chi connectivity index (χ1v) is 3.06. The van der Waals surface area contributed by atoms with Gasteiger partial charge in [0.2, 0.25) is 0 Å². The molecule has 2 nitrogen and oxygen atoms in total. The third kappa shape index (κ3) is 0.858. The van der Waals surface area contributed by atoms with Crippen LogP contribution in [-0.4, -0.2) is 29.3 Å². The van der Waals surface area contributed by atoms with Crippen LogP contribution in [0.5, 0.6) is 0 Å². The summed E-state index contributed by atoms with van der Waals surface area (Å²) in [5.41, 5.74) is -0.514. The van der Waals surface area contributed by atoms with Crippen LogP contribution < -0.4 is 0 Å². The predicted molar refractivity (Wildman–Crippen MR) is 32.5 cm³/mol. The predicted octanol–water partition coefficient (Wildman–Crippen LogP) is 0.420. The average Bonchev–Trinajstić information content (AvgIpc) is 1.86. The van der Waals surface area contributed by atoms with Gasteiger partial charge in [-0.05, 0) is 26.8 Å². The highest BCUT2D eigenvalue weighted by Gasteiger charge is 2.30. The summed E-state index contributed by atoms with van der Waals surface area (Å²) in [4.78, 5) is 1.98. The van der Waals surface area contributed by atoms with Crippen LogP contribution in [0.2, 0.25) is 0 Å². The normalized spacial score (nSPS) is 40.9. The summed E-state index contributed by atoms with van der Waals surface area (Å²) in [6, 6.07) is 0. The molecule has 1 rings (SSSR count). The lowest BCUT2D eigenvalue weighted by atomic mass is 10.2. The van der Waals surface area contributed by atoms with Gasteiger partial charge in [0, 0.05) is 6.54 Å². The fourth-order valence-electron chi connectivity index (χ4n) is 1.08. The fraction of sp³-hybridized carbons (Fsp3) is 1.00. The Kier molecular flexibility index (Phi) is 1.29. The lowest BCUT2D eigenvalue weighted by Gasteiger charge is -2.25. The first-order valence-electron chi connectivity index (χ1n) is 3.06. The molecule has 0 radical (unpaired) electrons. The summed E-state index contributed by atoms with van der Waals surface area (Å²) in [6.07, 6.45) is 2.05. The fourth-order valence-corrected chi connectivity index (χ4v) is 1.08. The largest absolute Gasteiger partial charge is 0.376 e. The zero-order valence-corrected chi connectivity index (χ0v) is 5.52. The van der Waals surface area contributed by atoms with Gasteiger partial charge in [0.1, 0.15) is 5.72 Å². The molecule has 1 aliphatic heterocycles. The third-order valence-electron chi connectivity index (χ3n) is 1.97. The molecule has 2 heteroatoms. The van der Waals surface area contributed by atoms with Crippen molar-refractivity contribution >= 4 is 0 Å². The maximum atomic E-state index is 9.39. The molecular weight excluding hydrogens is 102 g/mol. The molecule has 1 fully saturated rings. The lowest BCUT2D eigenvalue weighted by Crippen LogP contribution is -2.37. The van der Waals surface area contributed by atoms with Gasteiger partial charge < -0.3 is 5.11 Å². The van der Waals surface area contributed by atoms with Crippen LogP contribution in [0.1, 0.15) is 19.8 Å². The van der Waals surface area contributed by atoms with E-state index in [0.29, 0.717) is 0 Å². The number of rotatable bonds is 0. The van der Waals surface area contributed by atoms with Crippen molar-refractivity contribution in [3.8, 4) is 0 Å². The van der Waals surface area contributed by atoms with Gasteiger partial charge in [-0.2, -0.15) is 0 Å². The van der Waals surface area contributed by atoms with Crippen molar-refractivity contribution in [1.82, 2.24) is 4.90 Å². The van der Waals surface area contributed by atoms with Gasteiger partial charge in [-0.3, -0.25) is 4.90 Å². The van der Waals surface area contributed by atoms with Crippen LogP contribution in [0.3, 0.4) is 0 Å². The van der Waals surface area contributed by atoms with E-state index in [1.54, 1.807) is 0 Å².